The van der Waals surface area contributed by atoms with Gasteiger partial charge in [0.25, 0.3) is 0 Å². The molecule has 0 saturated heterocycles. The summed E-state index contributed by atoms with van der Waals surface area (Å²) in [6.45, 7) is 4.39. The van der Waals surface area contributed by atoms with E-state index in [0.29, 0.717) is 46.7 Å². The van der Waals surface area contributed by atoms with Crippen LogP contribution in [-0.4, -0.2) is 46.9 Å². The first-order valence-corrected chi connectivity index (χ1v) is 12.4. The number of esters is 1. The minimum Gasteiger partial charge on any atom is -0.493 e. The molecule has 0 aromatic heterocycles. The summed E-state index contributed by atoms with van der Waals surface area (Å²) >= 11 is 0. The number of carbonyl (C=O) groups is 1. The van der Waals surface area contributed by atoms with Crippen LogP contribution >= 0.6 is 0 Å². The van der Waals surface area contributed by atoms with Gasteiger partial charge in [-0.05, 0) is 55.0 Å². The maximum absolute atomic E-state index is 12.1. The summed E-state index contributed by atoms with van der Waals surface area (Å²) in [6.07, 6.45) is -0.402. The van der Waals surface area contributed by atoms with Crippen LogP contribution in [0.5, 0.6) is 34.5 Å². The number of ether oxygens (including phenoxy) is 7. The summed E-state index contributed by atoms with van der Waals surface area (Å²) in [4.78, 5) is 12.1. The quantitative estimate of drug-likeness (QED) is 0.401. The van der Waals surface area contributed by atoms with Gasteiger partial charge in [-0.15, -0.1) is 0 Å². The zero-order valence-corrected chi connectivity index (χ0v) is 22.0. The average Bonchev–Trinajstić information content (AvgIpc) is 3.39. The largest absolute Gasteiger partial charge is 0.493 e. The van der Waals surface area contributed by atoms with Crippen molar-refractivity contribution in [3.05, 3.63) is 65.2 Å². The number of hydrogen-bond donors (Lipinski definition) is 1. The van der Waals surface area contributed by atoms with Crippen LogP contribution < -0.4 is 33.7 Å². The van der Waals surface area contributed by atoms with Crippen molar-refractivity contribution in [3.8, 4) is 34.5 Å². The predicted molar refractivity (Wildman–Crippen MR) is 140 cm³/mol. The monoisotopic (exact) mass is 521 g/mol. The number of carbonyl (C=O) groups excluding carboxylic acids is 1. The van der Waals surface area contributed by atoms with Gasteiger partial charge in [-0.2, -0.15) is 0 Å². The molecular formula is C29H31NO8. The fourth-order valence-electron chi connectivity index (χ4n) is 4.99. The Labute approximate surface area is 221 Å². The van der Waals surface area contributed by atoms with Crippen LogP contribution in [-0.2, 0) is 4.74 Å². The molecule has 0 saturated carbocycles. The maximum Gasteiger partial charge on any atom is 0.338 e. The normalized spacial score (nSPS) is 19.1. The standard InChI is InChI=1S/C29H31NO8/c1-6-35-29(31)17-7-9-19(10-8-17)30-28-16(2)26(18-11-24(32-3)27(34-5)25(12-18)33-4)20-13-22-23(37-15-36-22)14-21(20)38-28/h7-14,16,26,28,30H,6,15H2,1-5H3/t16-,26-,28-/m1/s1. The van der Waals surface area contributed by atoms with Crippen molar-refractivity contribution in [1.82, 2.24) is 0 Å². The molecule has 38 heavy (non-hydrogen) atoms. The Balaban J connectivity index is 1.54. The van der Waals surface area contributed by atoms with Crippen molar-refractivity contribution < 1.29 is 38.0 Å². The minimum absolute atomic E-state index is 0.0459. The molecule has 2 heterocycles. The van der Waals surface area contributed by atoms with Gasteiger partial charge in [0.2, 0.25) is 12.5 Å². The first-order chi connectivity index (χ1) is 18.5. The first kappa shape index (κ1) is 25.4. The minimum atomic E-state index is -0.402. The number of hydrogen-bond acceptors (Lipinski definition) is 9. The molecule has 200 valence electrons. The number of fused-ring (bicyclic) bond motifs is 2. The van der Waals surface area contributed by atoms with E-state index in [9.17, 15) is 4.79 Å². The lowest BCUT2D eigenvalue weighted by atomic mass is 9.78. The highest BCUT2D eigenvalue weighted by Crippen LogP contribution is 2.51. The highest BCUT2D eigenvalue weighted by molar-refractivity contribution is 5.89. The summed E-state index contributed by atoms with van der Waals surface area (Å²) in [5, 5.41) is 3.48. The Morgan fingerprint density at radius 1 is 0.921 bits per heavy atom. The number of anilines is 1. The van der Waals surface area contributed by atoms with Gasteiger partial charge in [0.1, 0.15) is 5.75 Å². The molecule has 0 unspecified atom stereocenters. The summed E-state index contributed by atoms with van der Waals surface area (Å²) in [5.74, 6) is 3.16. The van der Waals surface area contributed by atoms with Gasteiger partial charge in [-0.3, -0.25) is 0 Å². The van der Waals surface area contributed by atoms with Gasteiger partial charge in [0.05, 0.1) is 33.5 Å². The fourth-order valence-corrected chi connectivity index (χ4v) is 4.99. The van der Waals surface area contributed by atoms with Crippen molar-refractivity contribution in [2.24, 2.45) is 5.92 Å². The third kappa shape index (κ3) is 4.60. The van der Waals surface area contributed by atoms with Crippen LogP contribution in [0.2, 0.25) is 0 Å². The van der Waals surface area contributed by atoms with E-state index in [0.717, 1.165) is 16.8 Å². The fraction of sp³-hybridized carbons (Fsp3) is 0.345. The van der Waals surface area contributed by atoms with E-state index in [1.807, 2.05) is 36.4 Å². The highest BCUT2D eigenvalue weighted by atomic mass is 16.7. The van der Waals surface area contributed by atoms with Gasteiger partial charge in [-0.1, -0.05) is 6.92 Å². The van der Waals surface area contributed by atoms with Crippen LogP contribution in [0, 0.1) is 5.92 Å². The van der Waals surface area contributed by atoms with Crippen LogP contribution in [0.1, 0.15) is 41.3 Å². The molecule has 0 aliphatic carbocycles. The Morgan fingerprint density at radius 3 is 2.18 bits per heavy atom. The summed E-state index contributed by atoms with van der Waals surface area (Å²) in [6, 6.07) is 14.9. The number of rotatable bonds is 8. The molecule has 0 radical (unpaired) electrons. The molecule has 2 aliphatic heterocycles. The molecule has 5 rings (SSSR count). The van der Waals surface area contributed by atoms with E-state index in [1.165, 1.54) is 0 Å². The molecule has 0 fully saturated rings. The predicted octanol–water partition coefficient (Wildman–Crippen LogP) is 5.22. The van der Waals surface area contributed by atoms with Gasteiger partial charge in [0.15, 0.2) is 29.2 Å². The number of nitrogens with one attached hydrogen (secondary N) is 1. The summed E-state index contributed by atoms with van der Waals surface area (Å²) in [5.41, 5.74) is 3.23. The lowest BCUT2D eigenvalue weighted by Gasteiger charge is -2.39. The zero-order chi connectivity index (χ0) is 26.8. The van der Waals surface area contributed by atoms with E-state index in [1.54, 1.807) is 40.4 Å². The average molecular weight is 522 g/mol. The summed E-state index contributed by atoms with van der Waals surface area (Å²) in [7, 11) is 4.79. The van der Waals surface area contributed by atoms with Crippen molar-refractivity contribution in [3.63, 3.8) is 0 Å². The van der Waals surface area contributed by atoms with Crippen molar-refractivity contribution >= 4 is 11.7 Å². The second kappa shape index (κ2) is 10.6. The van der Waals surface area contributed by atoms with E-state index < -0.39 is 6.23 Å². The molecular weight excluding hydrogens is 490 g/mol. The molecule has 0 bridgehead atoms. The molecule has 9 heteroatoms. The van der Waals surface area contributed by atoms with E-state index >= 15 is 0 Å². The summed E-state index contributed by atoms with van der Waals surface area (Å²) < 4.78 is 39.7. The van der Waals surface area contributed by atoms with Crippen molar-refractivity contribution in [1.29, 1.82) is 0 Å². The Bertz CT molecular complexity index is 1300. The van der Waals surface area contributed by atoms with Crippen LogP contribution in [0.15, 0.2) is 48.5 Å². The molecule has 3 atom stereocenters. The molecule has 9 nitrogen and oxygen atoms in total. The molecule has 2 aliphatic rings. The van der Waals surface area contributed by atoms with E-state index in [4.69, 9.17) is 33.2 Å². The molecule has 1 N–H and O–H groups in total. The third-order valence-electron chi connectivity index (χ3n) is 6.85. The SMILES string of the molecule is CCOC(=O)c1ccc(N[C@@H]2Oc3cc4c(cc3[C@@H](c3cc(OC)c(OC)c(OC)c3)[C@H]2C)OCO4)cc1. The highest BCUT2D eigenvalue weighted by Gasteiger charge is 2.39. The Kier molecular flexibility index (Phi) is 7.09. The lowest BCUT2D eigenvalue weighted by molar-refractivity contribution is 0.0526. The van der Waals surface area contributed by atoms with Gasteiger partial charge < -0.3 is 38.5 Å². The second-order valence-electron chi connectivity index (χ2n) is 9.02. The lowest BCUT2D eigenvalue weighted by Crippen LogP contribution is -2.40. The number of benzene rings is 3. The van der Waals surface area contributed by atoms with Crippen molar-refractivity contribution in [2.45, 2.75) is 26.0 Å². The van der Waals surface area contributed by atoms with E-state index in [-0.39, 0.29) is 24.6 Å². The molecule has 3 aromatic carbocycles. The maximum atomic E-state index is 12.1. The molecule has 0 amide bonds. The third-order valence-corrected chi connectivity index (χ3v) is 6.85. The van der Waals surface area contributed by atoms with Gasteiger partial charge in [-0.25, -0.2) is 4.79 Å². The smallest absolute Gasteiger partial charge is 0.338 e. The van der Waals surface area contributed by atoms with Crippen LogP contribution in [0.3, 0.4) is 0 Å². The number of methoxy groups -OCH3 is 3. The Hall–Kier alpha value is -4.27. The molecule has 3 aromatic rings. The second-order valence-corrected chi connectivity index (χ2v) is 9.02. The first-order valence-electron chi connectivity index (χ1n) is 12.4. The van der Waals surface area contributed by atoms with E-state index in [2.05, 4.69) is 12.2 Å². The van der Waals surface area contributed by atoms with Gasteiger partial charge >= 0.3 is 5.97 Å². The van der Waals surface area contributed by atoms with Crippen LogP contribution in [0.25, 0.3) is 0 Å². The Morgan fingerprint density at radius 2 is 1.58 bits per heavy atom. The van der Waals surface area contributed by atoms with Gasteiger partial charge in [0, 0.05) is 29.2 Å². The zero-order valence-electron chi connectivity index (χ0n) is 22.0. The molecule has 0 spiro atoms. The van der Waals surface area contributed by atoms with Crippen molar-refractivity contribution in [2.75, 3.05) is 40.0 Å². The topological polar surface area (TPSA) is 93.7 Å². The van der Waals surface area contributed by atoms with Crippen LogP contribution in [0.4, 0.5) is 5.69 Å².